The summed E-state index contributed by atoms with van der Waals surface area (Å²) in [6.45, 7) is 6.38. The van der Waals surface area contributed by atoms with Crippen molar-refractivity contribution in [1.29, 1.82) is 0 Å². The highest BCUT2D eigenvalue weighted by atomic mass is 16.5. The van der Waals surface area contributed by atoms with Gasteiger partial charge < -0.3 is 13.9 Å². The van der Waals surface area contributed by atoms with E-state index in [9.17, 15) is 4.79 Å². The van der Waals surface area contributed by atoms with Gasteiger partial charge in [-0.15, -0.1) is 0 Å². The van der Waals surface area contributed by atoms with Crippen molar-refractivity contribution in [3.8, 4) is 17.2 Å². The van der Waals surface area contributed by atoms with Gasteiger partial charge in [-0.3, -0.25) is 0 Å². The van der Waals surface area contributed by atoms with E-state index in [1.54, 1.807) is 31.2 Å². The van der Waals surface area contributed by atoms with Gasteiger partial charge in [0.25, 0.3) is 0 Å². The molecule has 0 aliphatic carbocycles. The first-order chi connectivity index (χ1) is 15.0. The molecule has 1 atom stereocenters. The maximum Gasteiger partial charge on any atom is 0.338 e. The fourth-order valence-electron chi connectivity index (χ4n) is 3.43. The second kappa shape index (κ2) is 9.04. The minimum absolute atomic E-state index is 0.133. The van der Waals surface area contributed by atoms with Crippen LogP contribution in [0.1, 0.15) is 42.8 Å². The fraction of sp³-hybridized carbons (Fsp3) is 0.231. The van der Waals surface area contributed by atoms with Crippen molar-refractivity contribution in [3.63, 3.8) is 0 Å². The van der Waals surface area contributed by atoms with Crippen LogP contribution >= 0.6 is 0 Å². The van der Waals surface area contributed by atoms with Gasteiger partial charge in [0.05, 0.1) is 12.2 Å². The Kier molecular flexibility index (Phi) is 6.03. The van der Waals surface area contributed by atoms with E-state index in [0.29, 0.717) is 23.8 Å². The highest BCUT2D eigenvalue weighted by Gasteiger charge is 2.19. The Balaban J connectivity index is 1.52. The summed E-state index contributed by atoms with van der Waals surface area (Å²) < 4.78 is 17.2. The van der Waals surface area contributed by atoms with Gasteiger partial charge in [-0.05, 0) is 66.9 Å². The summed E-state index contributed by atoms with van der Waals surface area (Å²) in [6.07, 6.45) is -0.133. The zero-order valence-corrected chi connectivity index (χ0v) is 17.9. The number of oxazole rings is 1. The van der Waals surface area contributed by atoms with E-state index in [1.807, 2.05) is 48.5 Å². The molecule has 0 N–H and O–H groups in total. The van der Waals surface area contributed by atoms with Crippen molar-refractivity contribution in [2.24, 2.45) is 5.92 Å². The molecule has 1 unspecified atom stereocenters. The van der Waals surface area contributed by atoms with Crippen molar-refractivity contribution >= 4 is 17.1 Å². The third kappa shape index (κ3) is 4.61. The topological polar surface area (TPSA) is 61.6 Å². The number of hydrogen-bond donors (Lipinski definition) is 0. The Morgan fingerprint density at radius 1 is 0.968 bits per heavy atom. The lowest BCUT2D eigenvalue weighted by molar-refractivity contribution is 0.0526. The van der Waals surface area contributed by atoms with Crippen LogP contribution in [0.3, 0.4) is 0 Å². The molecular formula is C26H25NO4. The first-order valence-electron chi connectivity index (χ1n) is 10.4. The van der Waals surface area contributed by atoms with Gasteiger partial charge >= 0.3 is 5.97 Å². The average Bonchev–Trinajstić information content (AvgIpc) is 3.22. The third-order valence-corrected chi connectivity index (χ3v) is 5.01. The van der Waals surface area contributed by atoms with Gasteiger partial charge in [-0.25, -0.2) is 9.78 Å². The molecule has 0 aliphatic heterocycles. The smallest absolute Gasteiger partial charge is 0.338 e. The molecule has 0 amide bonds. The fourth-order valence-corrected chi connectivity index (χ4v) is 3.43. The molecule has 31 heavy (non-hydrogen) atoms. The number of carbonyl (C=O) groups is 1. The van der Waals surface area contributed by atoms with Crippen LogP contribution in [-0.4, -0.2) is 17.6 Å². The number of hydrogen-bond acceptors (Lipinski definition) is 5. The van der Waals surface area contributed by atoms with Crippen LogP contribution in [0.15, 0.2) is 77.2 Å². The average molecular weight is 415 g/mol. The Morgan fingerprint density at radius 3 is 2.32 bits per heavy atom. The van der Waals surface area contributed by atoms with Gasteiger partial charge in [0.2, 0.25) is 5.89 Å². The number of rotatable bonds is 7. The Morgan fingerprint density at radius 2 is 1.68 bits per heavy atom. The lowest BCUT2D eigenvalue weighted by Crippen LogP contribution is -2.14. The van der Waals surface area contributed by atoms with E-state index in [4.69, 9.17) is 13.9 Å². The zero-order chi connectivity index (χ0) is 21.8. The Hall–Kier alpha value is -3.60. The molecule has 1 heterocycles. The van der Waals surface area contributed by atoms with Gasteiger partial charge in [0, 0.05) is 5.56 Å². The molecule has 5 heteroatoms. The Labute approximate surface area is 181 Å². The molecule has 0 fully saturated rings. The third-order valence-electron chi connectivity index (χ3n) is 5.01. The van der Waals surface area contributed by atoms with Gasteiger partial charge in [0.15, 0.2) is 5.58 Å². The molecule has 5 nitrogen and oxygen atoms in total. The number of para-hydroxylation sites is 2. The molecule has 1 aromatic heterocycles. The zero-order valence-electron chi connectivity index (χ0n) is 17.9. The number of aromatic nitrogens is 1. The highest BCUT2D eigenvalue weighted by Crippen LogP contribution is 2.31. The molecule has 0 bridgehead atoms. The summed E-state index contributed by atoms with van der Waals surface area (Å²) in [5, 5.41) is 0. The van der Waals surface area contributed by atoms with Crippen molar-refractivity contribution < 1.29 is 18.7 Å². The molecule has 4 aromatic rings. The SMILES string of the molecule is CCOC(=O)c1ccc(OC(c2ccc(-c3nc4ccccc4o3)cc2)C(C)C)cc1. The number of benzene rings is 3. The molecule has 0 spiro atoms. The molecule has 0 saturated carbocycles. The molecule has 0 radical (unpaired) electrons. The van der Waals surface area contributed by atoms with Crippen molar-refractivity contribution in [2.45, 2.75) is 26.9 Å². The van der Waals surface area contributed by atoms with E-state index < -0.39 is 0 Å². The standard InChI is InChI=1S/C26H25NO4/c1-4-29-26(28)20-13-15-21(16-14-20)30-24(17(2)3)18-9-11-19(12-10-18)25-27-22-7-5-6-8-23(22)31-25/h5-17,24H,4H2,1-3H3. The van der Waals surface area contributed by atoms with E-state index in [-0.39, 0.29) is 18.0 Å². The minimum atomic E-state index is -0.329. The maximum atomic E-state index is 11.8. The second-order valence-corrected chi connectivity index (χ2v) is 7.64. The van der Waals surface area contributed by atoms with Crippen LogP contribution in [0.4, 0.5) is 0 Å². The summed E-state index contributed by atoms with van der Waals surface area (Å²) in [4.78, 5) is 16.4. The Bertz CT molecular complexity index is 1130. The predicted molar refractivity (Wildman–Crippen MR) is 120 cm³/mol. The summed E-state index contributed by atoms with van der Waals surface area (Å²) in [6, 6.07) is 22.9. The van der Waals surface area contributed by atoms with Gasteiger partial charge in [0.1, 0.15) is 17.4 Å². The number of esters is 1. The number of carbonyl (C=O) groups excluding carboxylic acids is 1. The van der Waals surface area contributed by atoms with Crippen LogP contribution in [0.25, 0.3) is 22.6 Å². The van der Waals surface area contributed by atoms with Crippen molar-refractivity contribution in [1.82, 2.24) is 4.98 Å². The van der Waals surface area contributed by atoms with E-state index in [2.05, 4.69) is 18.8 Å². The van der Waals surface area contributed by atoms with Crippen molar-refractivity contribution in [3.05, 3.63) is 83.9 Å². The summed E-state index contributed by atoms with van der Waals surface area (Å²) >= 11 is 0. The highest BCUT2D eigenvalue weighted by molar-refractivity contribution is 5.89. The summed E-state index contributed by atoms with van der Waals surface area (Å²) in [5.74, 6) is 1.23. The number of ether oxygens (including phenoxy) is 2. The summed E-state index contributed by atoms with van der Waals surface area (Å²) in [5.41, 5.74) is 4.11. The van der Waals surface area contributed by atoms with Crippen LogP contribution in [0.2, 0.25) is 0 Å². The van der Waals surface area contributed by atoms with E-state index >= 15 is 0 Å². The molecular weight excluding hydrogens is 390 g/mol. The van der Waals surface area contributed by atoms with E-state index in [0.717, 1.165) is 22.2 Å². The van der Waals surface area contributed by atoms with Crippen LogP contribution in [0, 0.1) is 5.92 Å². The molecule has 4 rings (SSSR count). The van der Waals surface area contributed by atoms with Crippen LogP contribution in [0.5, 0.6) is 5.75 Å². The molecule has 3 aromatic carbocycles. The van der Waals surface area contributed by atoms with Gasteiger partial charge in [-0.1, -0.05) is 38.1 Å². The van der Waals surface area contributed by atoms with E-state index in [1.165, 1.54) is 0 Å². The lowest BCUT2D eigenvalue weighted by atomic mass is 9.97. The first-order valence-corrected chi connectivity index (χ1v) is 10.4. The largest absolute Gasteiger partial charge is 0.485 e. The quantitative estimate of drug-likeness (QED) is 0.325. The second-order valence-electron chi connectivity index (χ2n) is 7.64. The lowest BCUT2D eigenvalue weighted by Gasteiger charge is -2.23. The number of nitrogens with zero attached hydrogens (tertiary/aromatic N) is 1. The first kappa shape index (κ1) is 20.7. The van der Waals surface area contributed by atoms with Crippen LogP contribution < -0.4 is 4.74 Å². The van der Waals surface area contributed by atoms with Crippen molar-refractivity contribution in [2.75, 3.05) is 6.61 Å². The van der Waals surface area contributed by atoms with Crippen LogP contribution in [-0.2, 0) is 4.74 Å². The molecule has 0 saturated heterocycles. The minimum Gasteiger partial charge on any atom is -0.485 e. The molecule has 158 valence electrons. The monoisotopic (exact) mass is 415 g/mol. The normalized spacial score (nSPS) is 12.1. The summed E-state index contributed by atoms with van der Waals surface area (Å²) in [7, 11) is 0. The molecule has 0 aliphatic rings. The maximum absolute atomic E-state index is 11.8. The predicted octanol–water partition coefficient (Wildman–Crippen LogP) is 6.45. The number of fused-ring (bicyclic) bond motifs is 1. The van der Waals surface area contributed by atoms with Gasteiger partial charge in [-0.2, -0.15) is 0 Å².